The van der Waals surface area contributed by atoms with Crippen LogP contribution in [0, 0.1) is 13.8 Å². The van der Waals surface area contributed by atoms with Crippen LogP contribution in [-0.4, -0.2) is 43.6 Å². The summed E-state index contributed by atoms with van der Waals surface area (Å²) in [5.41, 5.74) is 5.95. The highest BCUT2D eigenvalue weighted by Crippen LogP contribution is 2.28. The van der Waals surface area contributed by atoms with E-state index in [4.69, 9.17) is 9.98 Å². The number of phenols is 2. The Bertz CT molecular complexity index is 968. The van der Waals surface area contributed by atoms with E-state index in [0.717, 1.165) is 73.6 Å². The molecule has 0 aromatic heterocycles. The molecular weight excluding hydrogens is 674 g/mol. The van der Waals surface area contributed by atoms with E-state index in [1.165, 1.54) is 32.8 Å². The van der Waals surface area contributed by atoms with E-state index < -0.39 is 0 Å². The second-order valence-corrected chi connectivity index (χ2v) is 12.1. The molecule has 0 bridgehead atoms. The minimum absolute atomic E-state index is 0.0902. The van der Waals surface area contributed by atoms with Gasteiger partial charge in [0.05, 0.1) is 12.1 Å². The molecule has 2 N–H and O–H groups in total. The highest BCUT2D eigenvalue weighted by Gasteiger charge is 2.23. The molecule has 0 heterocycles. The van der Waals surface area contributed by atoms with Crippen LogP contribution in [0.5, 0.6) is 11.5 Å². The fourth-order valence-electron chi connectivity index (χ4n) is 4.89. The molecule has 0 spiro atoms. The van der Waals surface area contributed by atoms with Crippen LogP contribution in [0.2, 0.25) is 0 Å². The van der Waals surface area contributed by atoms with Crippen molar-refractivity contribution in [1.82, 2.24) is 0 Å². The van der Waals surface area contributed by atoms with Crippen molar-refractivity contribution < 1.29 is 10.2 Å². The van der Waals surface area contributed by atoms with E-state index >= 15 is 0 Å². The molecule has 2 aromatic carbocycles. The molecule has 3 rings (SSSR count). The smallest absolute Gasteiger partial charge is 0.127 e. The maximum Gasteiger partial charge on any atom is 0.127 e. The molecule has 1 fully saturated rings. The van der Waals surface area contributed by atoms with Gasteiger partial charge < -0.3 is 10.2 Å². The van der Waals surface area contributed by atoms with Gasteiger partial charge in [-0.3, -0.25) is 9.98 Å². The number of rotatable bonds is 12. The molecule has 1 aliphatic rings. The number of aliphatic imine (C=N–C) groups is 2. The molecule has 36 heavy (non-hydrogen) atoms. The number of hydrogen-bond donors (Lipinski definition) is 2. The quantitative estimate of drug-likeness (QED) is 0.101. The molecule has 0 amide bonds. The lowest BCUT2D eigenvalue weighted by atomic mass is 9.91. The molecule has 196 valence electrons. The molecule has 1 saturated carbocycles. The van der Waals surface area contributed by atoms with Gasteiger partial charge >= 0.3 is 0 Å². The third-order valence-electron chi connectivity index (χ3n) is 6.98. The number of halogens is 2. The lowest BCUT2D eigenvalue weighted by molar-refractivity contribution is 0.390. The molecule has 2 atom stereocenters. The Hall–Kier alpha value is -1.16. The maximum absolute atomic E-state index is 10.7. The van der Waals surface area contributed by atoms with Crippen molar-refractivity contribution in [2.75, 3.05) is 8.86 Å². The predicted octanol–water partition coefficient (Wildman–Crippen LogP) is 8.08. The average molecular weight is 714 g/mol. The second-order valence-electron chi connectivity index (χ2n) is 9.97. The van der Waals surface area contributed by atoms with Crippen LogP contribution >= 0.6 is 45.2 Å². The normalized spacial score (nSPS) is 18.4. The Kier molecular flexibility index (Phi) is 12.5. The summed E-state index contributed by atoms with van der Waals surface area (Å²) < 4.78 is 2.35. The Morgan fingerprint density at radius 2 is 1.14 bits per heavy atom. The van der Waals surface area contributed by atoms with Crippen LogP contribution in [0.25, 0.3) is 0 Å². The van der Waals surface area contributed by atoms with Crippen LogP contribution < -0.4 is 0 Å². The topological polar surface area (TPSA) is 65.2 Å². The molecule has 0 saturated heterocycles. The first-order valence-corrected chi connectivity index (χ1v) is 16.3. The lowest BCUT2D eigenvalue weighted by Gasteiger charge is -2.25. The summed E-state index contributed by atoms with van der Waals surface area (Å²) in [5.74, 6) is 0.652. The first-order chi connectivity index (χ1) is 17.4. The number of hydrogen-bond acceptors (Lipinski definition) is 4. The Morgan fingerprint density at radius 1 is 0.722 bits per heavy atom. The first-order valence-electron chi connectivity index (χ1n) is 13.3. The molecular formula is C30H40I2N2O2. The Morgan fingerprint density at radius 3 is 1.53 bits per heavy atom. The van der Waals surface area contributed by atoms with E-state index in [-0.39, 0.29) is 12.1 Å². The summed E-state index contributed by atoms with van der Waals surface area (Å²) in [5, 5.41) is 21.3. The minimum Gasteiger partial charge on any atom is -0.507 e. The molecule has 0 unspecified atom stereocenters. The van der Waals surface area contributed by atoms with Gasteiger partial charge in [-0.25, -0.2) is 0 Å². The van der Waals surface area contributed by atoms with Crippen LogP contribution in [0.4, 0.5) is 0 Å². The molecule has 2 aromatic rings. The summed E-state index contributed by atoms with van der Waals surface area (Å²) >= 11 is 4.85. The standard InChI is InChI=1S/C30H40I2N2O2/c1-21-15-23(9-5-7-13-31)17-25(29(21)35)19-33-27-11-3-4-12-28(27)34-20-26-18-24(10-6-8-14-32)16-22(2)30(26)36/h15-20,27-28,35-36H,3-14H2,1-2H3/t27-,28-/m0/s1. The fraction of sp³-hybridized carbons (Fsp3) is 0.533. The van der Waals surface area contributed by atoms with Gasteiger partial charge in [-0.1, -0.05) is 70.2 Å². The molecule has 6 heteroatoms. The average Bonchev–Trinajstić information content (AvgIpc) is 2.87. The highest BCUT2D eigenvalue weighted by molar-refractivity contribution is 14.1. The molecule has 0 radical (unpaired) electrons. The van der Waals surface area contributed by atoms with Crippen LogP contribution in [-0.2, 0) is 12.8 Å². The zero-order chi connectivity index (χ0) is 25.9. The number of phenolic OH excluding ortho intramolecular Hbond substituents is 2. The number of aromatic hydroxyl groups is 2. The van der Waals surface area contributed by atoms with Crippen LogP contribution in [0.15, 0.2) is 34.3 Å². The van der Waals surface area contributed by atoms with Gasteiger partial charge in [-0.2, -0.15) is 0 Å². The fourth-order valence-corrected chi connectivity index (χ4v) is 5.97. The molecule has 0 aliphatic heterocycles. The number of alkyl halides is 2. The predicted molar refractivity (Wildman–Crippen MR) is 171 cm³/mol. The Balaban J connectivity index is 1.76. The molecule has 4 nitrogen and oxygen atoms in total. The van der Waals surface area contributed by atoms with Crippen molar-refractivity contribution in [3.8, 4) is 11.5 Å². The second kappa shape index (κ2) is 15.3. The number of unbranched alkanes of at least 4 members (excludes halogenated alkanes) is 2. The summed E-state index contributed by atoms with van der Waals surface area (Å²) in [6.07, 6.45) is 14.8. The van der Waals surface area contributed by atoms with Crippen LogP contribution in [0.1, 0.15) is 84.7 Å². The summed E-state index contributed by atoms with van der Waals surface area (Å²) in [6, 6.07) is 8.55. The van der Waals surface area contributed by atoms with Crippen molar-refractivity contribution in [3.63, 3.8) is 0 Å². The van der Waals surface area contributed by atoms with Gasteiger partial charge in [0.1, 0.15) is 11.5 Å². The number of benzene rings is 2. The van der Waals surface area contributed by atoms with E-state index in [1.54, 1.807) is 0 Å². The van der Waals surface area contributed by atoms with Gasteiger partial charge in [-0.15, -0.1) is 0 Å². The summed E-state index contributed by atoms with van der Waals surface area (Å²) in [4.78, 5) is 9.86. The van der Waals surface area contributed by atoms with Gasteiger partial charge in [-0.05, 0) is 108 Å². The lowest BCUT2D eigenvalue weighted by Crippen LogP contribution is -2.27. The van der Waals surface area contributed by atoms with Crippen molar-refractivity contribution >= 4 is 57.6 Å². The number of nitrogens with zero attached hydrogens (tertiary/aromatic N) is 2. The minimum atomic E-state index is 0.0902. The van der Waals surface area contributed by atoms with E-state index in [9.17, 15) is 10.2 Å². The monoisotopic (exact) mass is 714 g/mol. The zero-order valence-corrected chi connectivity index (χ0v) is 26.0. The number of aryl methyl sites for hydroxylation is 4. The van der Waals surface area contributed by atoms with Crippen molar-refractivity contribution in [1.29, 1.82) is 0 Å². The van der Waals surface area contributed by atoms with Gasteiger partial charge in [0.2, 0.25) is 0 Å². The molecule has 1 aliphatic carbocycles. The maximum atomic E-state index is 10.7. The van der Waals surface area contributed by atoms with Crippen molar-refractivity contribution in [2.45, 2.75) is 90.1 Å². The highest BCUT2D eigenvalue weighted by atomic mass is 127. The van der Waals surface area contributed by atoms with Crippen molar-refractivity contribution in [2.24, 2.45) is 9.98 Å². The van der Waals surface area contributed by atoms with E-state index in [1.807, 2.05) is 26.3 Å². The largest absolute Gasteiger partial charge is 0.507 e. The van der Waals surface area contributed by atoms with Gasteiger partial charge in [0.25, 0.3) is 0 Å². The van der Waals surface area contributed by atoms with Crippen LogP contribution in [0.3, 0.4) is 0 Å². The first kappa shape index (κ1) is 29.4. The zero-order valence-electron chi connectivity index (χ0n) is 21.6. The van der Waals surface area contributed by atoms with E-state index in [0.29, 0.717) is 11.5 Å². The third kappa shape index (κ3) is 8.71. The van der Waals surface area contributed by atoms with E-state index in [2.05, 4.69) is 69.4 Å². The summed E-state index contributed by atoms with van der Waals surface area (Å²) in [6.45, 7) is 3.93. The van der Waals surface area contributed by atoms with Gasteiger partial charge in [0.15, 0.2) is 0 Å². The van der Waals surface area contributed by atoms with Crippen molar-refractivity contribution in [3.05, 3.63) is 57.6 Å². The van der Waals surface area contributed by atoms with Gasteiger partial charge in [0, 0.05) is 23.6 Å². The summed E-state index contributed by atoms with van der Waals surface area (Å²) in [7, 11) is 0. The Labute approximate surface area is 244 Å². The third-order valence-corrected chi connectivity index (χ3v) is 8.51. The SMILES string of the molecule is Cc1cc(CCCCI)cc(C=N[C@H]2CCCC[C@@H]2N=Cc2cc(CCCCI)cc(C)c2O)c1O.